The zero-order valence-corrected chi connectivity index (χ0v) is 9.43. The molecule has 0 aromatic carbocycles. The molecule has 0 aromatic rings. The minimum absolute atomic E-state index is 0.0146. The van der Waals surface area contributed by atoms with E-state index in [9.17, 15) is 9.59 Å². The first-order valence-electron chi connectivity index (χ1n) is 2.68. The molecular formula is C5H9GaO2. The summed E-state index contributed by atoms with van der Waals surface area (Å²) >= 11 is 0.569. The molecule has 0 aliphatic carbocycles. The molecule has 8 heavy (non-hydrogen) atoms. The van der Waals surface area contributed by atoms with Gasteiger partial charge in [-0.25, -0.2) is 0 Å². The average molecular weight is 171 g/mol. The third kappa shape index (κ3) is 4.14. The molecule has 0 rings (SSSR count). The Morgan fingerprint density at radius 2 is 2.00 bits per heavy atom. The second kappa shape index (κ2) is 3.92. The van der Waals surface area contributed by atoms with Gasteiger partial charge in [-0.1, -0.05) is 0 Å². The van der Waals surface area contributed by atoms with Gasteiger partial charge in [0.25, 0.3) is 0 Å². The van der Waals surface area contributed by atoms with Crippen LogP contribution in [-0.2, 0) is 9.59 Å². The van der Waals surface area contributed by atoms with E-state index in [1.54, 1.807) is 0 Å². The van der Waals surface area contributed by atoms with Crippen molar-refractivity contribution in [1.82, 2.24) is 0 Å². The van der Waals surface area contributed by atoms with Gasteiger partial charge in [-0.2, -0.15) is 0 Å². The van der Waals surface area contributed by atoms with Crippen molar-refractivity contribution in [2.24, 2.45) is 0 Å². The molecule has 0 N–H and O–H groups in total. The molecule has 0 aliphatic rings. The number of carbonyl (C=O) groups excluding carboxylic acids is 2. The van der Waals surface area contributed by atoms with Gasteiger partial charge in [0.1, 0.15) is 0 Å². The van der Waals surface area contributed by atoms with Crippen LogP contribution in [0.15, 0.2) is 0 Å². The van der Waals surface area contributed by atoms with E-state index in [1.165, 1.54) is 6.92 Å². The van der Waals surface area contributed by atoms with Crippen LogP contribution in [0.3, 0.4) is 0 Å². The molecule has 2 nitrogen and oxygen atoms in total. The van der Waals surface area contributed by atoms with E-state index in [0.29, 0.717) is 23.6 Å². The van der Waals surface area contributed by atoms with Crippen LogP contribution in [0.4, 0.5) is 0 Å². The normalized spacial score (nSPS) is 8.62. The molecule has 0 radical (unpaired) electrons. The van der Waals surface area contributed by atoms with Crippen LogP contribution in [0, 0.1) is 0 Å². The van der Waals surface area contributed by atoms with Gasteiger partial charge in [0.05, 0.1) is 0 Å². The molecule has 3 heteroatoms. The van der Waals surface area contributed by atoms with Crippen molar-refractivity contribution in [3.63, 3.8) is 0 Å². The number of carbonyl (C=O) groups is 2. The van der Waals surface area contributed by atoms with Crippen molar-refractivity contribution >= 4 is 30.2 Å². The molecule has 44 valence electrons. The Hall–Kier alpha value is -0.0236. The molecule has 0 amide bonds. The van der Waals surface area contributed by atoms with Crippen molar-refractivity contribution in [3.8, 4) is 0 Å². The molecule has 0 aromatic heterocycles. The van der Waals surface area contributed by atoms with Gasteiger partial charge in [-0.3, -0.25) is 0 Å². The van der Waals surface area contributed by atoms with Gasteiger partial charge in [-0.05, 0) is 0 Å². The van der Waals surface area contributed by atoms with E-state index < -0.39 is 0 Å². The summed E-state index contributed by atoms with van der Waals surface area (Å²) in [6, 6.07) is 0. The van der Waals surface area contributed by atoms with Gasteiger partial charge in [0.15, 0.2) is 0 Å². The van der Waals surface area contributed by atoms with E-state index in [-0.39, 0.29) is 18.0 Å². The predicted molar refractivity (Wildman–Crippen MR) is 33.7 cm³/mol. The molecule has 0 fully saturated rings. The summed E-state index contributed by atoms with van der Waals surface area (Å²) in [4.78, 5) is 21.3. The SMILES string of the molecule is CC(=O)CC(=O)[CH2][GaH2]. The quantitative estimate of drug-likeness (QED) is 0.427. The fraction of sp³-hybridized carbons (Fsp3) is 0.600. The van der Waals surface area contributed by atoms with E-state index in [1.807, 2.05) is 0 Å². The zero-order chi connectivity index (χ0) is 6.57. The second-order valence-electron chi connectivity index (χ2n) is 1.77. The summed E-state index contributed by atoms with van der Waals surface area (Å²) in [7, 11) is 0. The van der Waals surface area contributed by atoms with E-state index >= 15 is 0 Å². The van der Waals surface area contributed by atoms with Crippen molar-refractivity contribution in [3.05, 3.63) is 0 Å². The van der Waals surface area contributed by atoms with Gasteiger partial charge in [0.2, 0.25) is 0 Å². The molecule has 0 saturated heterocycles. The molecule has 0 saturated carbocycles. The first-order valence-corrected chi connectivity index (χ1v) is 5.64. The van der Waals surface area contributed by atoms with Gasteiger partial charge < -0.3 is 0 Å². The first-order chi connectivity index (χ1) is 3.66. The average Bonchev–Trinajstić information content (AvgIpc) is 1.65. The second-order valence-corrected chi connectivity index (χ2v) is 3.25. The Morgan fingerprint density at radius 1 is 1.50 bits per heavy atom. The number of ketones is 2. The molecule has 0 heterocycles. The van der Waals surface area contributed by atoms with E-state index in [0.717, 1.165) is 0 Å². The fourth-order valence-electron chi connectivity index (χ4n) is 0.403. The molecule has 0 unspecified atom stereocenters. The zero-order valence-electron chi connectivity index (χ0n) is 5.23. The van der Waals surface area contributed by atoms with E-state index in [4.69, 9.17) is 0 Å². The Morgan fingerprint density at radius 3 is 2.12 bits per heavy atom. The van der Waals surface area contributed by atoms with Crippen molar-refractivity contribution in [2.45, 2.75) is 18.3 Å². The summed E-state index contributed by atoms with van der Waals surface area (Å²) < 4.78 is 0. The molecule has 0 bridgehead atoms. The van der Waals surface area contributed by atoms with Gasteiger partial charge in [0, 0.05) is 0 Å². The number of hydrogen-bond donors (Lipinski definition) is 0. The monoisotopic (exact) mass is 170 g/mol. The van der Waals surface area contributed by atoms with Crippen LogP contribution >= 0.6 is 0 Å². The fourth-order valence-corrected chi connectivity index (χ4v) is 0.927. The number of hydrogen-bond acceptors (Lipinski definition) is 2. The third-order valence-corrected chi connectivity index (χ3v) is 2.50. The molecule has 0 spiro atoms. The standard InChI is InChI=1S/C5H7O2.Ga.2H/c1-4(6)3-5(2)7;;;/h1,3H2,2H3;;;. The summed E-state index contributed by atoms with van der Waals surface area (Å²) in [6.45, 7) is 1.44. The Balaban J connectivity index is 3.40. The summed E-state index contributed by atoms with van der Waals surface area (Å²) in [5, 5.41) is 0. The maximum absolute atomic E-state index is 10.4. The molecule has 0 aliphatic heterocycles. The Kier molecular flexibility index (Phi) is 3.90. The first kappa shape index (κ1) is 7.98. The van der Waals surface area contributed by atoms with Crippen LogP contribution in [0.1, 0.15) is 13.3 Å². The van der Waals surface area contributed by atoms with E-state index in [2.05, 4.69) is 0 Å². The third-order valence-electron chi connectivity index (χ3n) is 0.840. The van der Waals surface area contributed by atoms with Crippen molar-refractivity contribution in [2.75, 3.05) is 0 Å². The van der Waals surface area contributed by atoms with Gasteiger partial charge >= 0.3 is 58.1 Å². The van der Waals surface area contributed by atoms with Crippen molar-refractivity contribution in [1.29, 1.82) is 0 Å². The van der Waals surface area contributed by atoms with Crippen LogP contribution in [0.5, 0.6) is 0 Å². The minimum atomic E-state index is -0.0146. The molecule has 0 atom stereocenters. The van der Waals surface area contributed by atoms with Crippen LogP contribution in [0.2, 0.25) is 4.98 Å². The van der Waals surface area contributed by atoms with Crippen LogP contribution in [-0.4, -0.2) is 30.2 Å². The van der Waals surface area contributed by atoms with Gasteiger partial charge in [-0.15, -0.1) is 0 Å². The van der Waals surface area contributed by atoms with Crippen LogP contribution < -0.4 is 0 Å². The summed E-state index contributed by atoms with van der Waals surface area (Å²) in [5.74, 6) is 0.0942. The van der Waals surface area contributed by atoms with Crippen LogP contribution in [0.25, 0.3) is 0 Å². The predicted octanol–water partition coefficient (Wildman–Crippen LogP) is -0.414. The number of rotatable bonds is 3. The molecular weight excluding hydrogens is 162 g/mol. The number of Topliss-reactive ketones (excluding diaryl/α,β-unsaturated/α-hetero) is 2. The topological polar surface area (TPSA) is 34.1 Å². The van der Waals surface area contributed by atoms with Crippen molar-refractivity contribution < 1.29 is 9.59 Å². The maximum atomic E-state index is 10.4. The Labute approximate surface area is 58.6 Å². The summed E-state index contributed by atoms with van der Waals surface area (Å²) in [6.07, 6.45) is 0.155. The summed E-state index contributed by atoms with van der Waals surface area (Å²) in [5.41, 5.74) is 0. The Bertz CT molecular complexity index is 109.